The van der Waals surface area contributed by atoms with E-state index < -0.39 is 0 Å². The molecule has 0 radical (unpaired) electrons. The Hall–Kier alpha value is -3.40. The molecule has 1 fully saturated rings. The lowest BCUT2D eigenvalue weighted by Gasteiger charge is -2.34. The van der Waals surface area contributed by atoms with Gasteiger partial charge in [-0.15, -0.1) is 0 Å². The molecule has 1 saturated carbocycles. The van der Waals surface area contributed by atoms with E-state index in [0.717, 1.165) is 12.8 Å². The standard InChI is InChI=1S/C19H23N7O3/c1-20-16-9-15(23-14-5-4-6-25(2)19(14)28)24-17-13(10-21-26(16)17)18(27)22-11-7-12(8-11)29-3/h4-6,9-12,20H,7-8H2,1-3H3,(H,22,27)(H,23,24). The van der Waals surface area contributed by atoms with E-state index in [4.69, 9.17) is 4.74 Å². The number of pyridine rings is 1. The van der Waals surface area contributed by atoms with Crippen molar-refractivity contribution in [3.05, 3.63) is 46.5 Å². The van der Waals surface area contributed by atoms with Gasteiger partial charge in [-0.3, -0.25) is 9.59 Å². The highest BCUT2D eigenvalue weighted by Crippen LogP contribution is 2.24. The Labute approximate surface area is 166 Å². The van der Waals surface area contributed by atoms with Crippen molar-refractivity contribution in [1.82, 2.24) is 24.5 Å². The average Bonchev–Trinajstić information content (AvgIpc) is 3.11. The molecule has 1 amide bonds. The van der Waals surface area contributed by atoms with E-state index in [1.165, 1.54) is 10.8 Å². The third kappa shape index (κ3) is 3.54. The summed E-state index contributed by atoms with van der Waals surface area (Å²) in [7, 11) is 5.10. The van der Waals surface area contributed by atoms with Crippen LogP contribution in [0.3, 0.4) is 0 Å². The molecule has 3 N–H and O–H groups in total. The van der Waals surface area contributed by atoms with Crippen LogP contribution >= 0.6 is 0 Å². The highest BCUT2D eigenvalue weighted by atomic mass is 16.5. The van der Waals surface area contributed by atoms with Crippen LogP contribution < -0.4 is 21.5 Å². The number of hydrogen-bond donors (Lipinski definition) is 3. The Kier molecular flexibility index (Phi) is 4.93. The van der Waals surface area contributed by atoms with E-state index in [9.17, 15) is 9.59 Å². The van der Waals surface area contributed by atoms with Gasteiger partial charge in [-0.05, 0) is 25.0 Å². The second kappa shape index (κ2) is 7.55. The van der Waals surface area contributed by atoms with Gasteiger partial charge in [-0.25, -0.2) is 4.98 Å². The molecule has 3 heterocycles. The molecule has 0 unspecified atom stereocenters. The zero-order chi connectivity index (χ0) is 20.5. The van der Waals surface area contributed by atoms with Crippen molar-refractivity contribution < 1.29 is 9.53 Å². The van der Waals surface area contributed by atoms with Crippen molar-refractivity contribution in [3.8, 4) is 0 Å². The van der Waals surface area contributed by atoms with Gasteiger partial charge in [0.2, 0.25) is 0 Å². The Morgan fingerprint density at radius 1 is 1.34 bits per heavy atom. The van der Waals surface area contributed by atoms with Crippen LogP contribution in [0.15, 0.2) is 35.4 Å². The fourth-order valence-corrected chi connectivity index (χ4v) is 3.33. The molecule has 1 aliphatic rings. The van der Waals surface area contributed by atoms with Crippen LogP contribution in [0, 0.1) is 0 Å². The van der Waals surface area contributed by atoms with Gasteiger partial charge in [-0.2, -0.15) is 9.61 Å². The Morgan fingerprint density at radius 2 is 2.14 bits per heavy atom. The van der Waals surface area contributed by atoms with E-state index in [1.807, 2.05) is 0 Å². The van der Waals surface area contributed by atoms with E-state index in [1.54, 1.807) is 50.1 Å². The second-order valence-corrected chi connectivity index (χ2v) is 7.03. The van der Waals surface area contributed by atoms with Gasteiger partial charge in [0.1, 0.15) is 22.9 Å². The summed E-state index contributed by atoms with van der Waals surface area (Å²) in [6, 6.07) is 5.26. The minimum atomic E-state index is -0.234. The van der Waals surface area contributed by atoms with Crippen molar-refractivity contribution in [2.24, 2.45) is 7.05 Å². The number of nitrogens with zero attached hydrogens (tertiary/aromatic N) is 4. The number of ether oxygens (including phenoxy) is 1. The third-order valence-electron chi connectivity index (χ3n) is 5.12. The van der Waals surface area contributed by atoms with Crippen LogP contribution in [0.1, 0.15) is 23.2 Å². The number of carbonyl (C=O) groups excluding carboxylic acids is 1. The molecule has 0 saturated heterocycles. The van der Waals surface area contributed by atoms with E-state index >= 15 is 0 Å². The molecule has 4 rings (SSSR count). The SMILES string of the molecule is CNc1cc(Nc2cccn(C)c2=O)nc2c(C(=O)NC3CC(OC)C3)cnn12. The van der Waals surface area contributed by atoms with Crippen molar-refractivity contribution in [2.75, 3.05) is 24.8 Å². The molecule has 152 valence electrons. The average molecular weight is 397 g/mol. The van der Waals surface area contributed by atoms with Crippen LogP contribution in [0.4, 0.5) is 17.3 Å². The van der Waals surface area contributed by atoms with Gasteiger partial charge in [0, 0.05) is 39.5 Å². The molecule has 10 heteroatoms. The van der Waals surface area contributed by atoms with Gasteiger partial charge < -0.3 is 25.3 Å². The predicted octanol–water partition coefficient (Wildman–Crippen LogP) is 1.12. The molecular weight excluding hydrogens is 374 g/mol. The number of amides is 1. The third-order valence-corrected chi connectivity index (χ3v) is 5.12. The van der Waals surface area contributed by atoms with Crippen LogP contribution in [0.2, 0.25) is 0 Å². The first-order valence-electron chi connectivity index (χ1n) is 9.33. The molecular formula is C19H23N7O3. The van der Waals surface area contributed by atoms with Gasteiger partial charge >= 0.3 is 0 Å². The normalized spacial score (nSPS) is 18.3. The first-order valence-corrected chi connectivity index (χ1v) is 9.33. The van der Waals surface area contributed by atoms with Crippen molar-refractivity contribution in [2.45, 2.75) is 25.0 Å². The first-order chi connectivity index (χ1) is 14.0. The zero-order valence-corrected chi connectivity index (χ0v) is 16.5. The van der Waals surface area contributed by atoms with Crippen LogP contribution in [0.25, 0.3) is 5.65 Å². The lowest BCUT2D eigenvalue weighted by Crippen LogP contribution is -2.47. The number of aryl methyl sites for hydroxylation is 1. The van der Waals surface area contributed by atoms with E-state index in [-0.39, 0.29) is 23.6 Å². The molecule has 3 aromatic rings. The summed E-state index contributed by atoms with van der Waals surface area (Å²) in [6.45, 7) is 0. The number of aromatic nitrogens is 4. The quantitative estimate of drug-likeness (QED) is 0.571. The second-order valence-electron chi connectivity index (χ2n) is 7.03. The number of anilines is 3. The van der Waals surface area contributed by atoms with Gasteiger partial charge in [0.05, 0.1) is 12.3 Å². The number of fused-ring (bicyclic) bond motifs is 1. The largest absolute Gasteiger partial charge is 0.381 e. The van der Waals surface area contributed by atoms with Gasteiger partial charge in [0.15, 0.2) is 5.65 Å². The van der Waals surface area contributed by atoms with Gasteiger partial charge in [0.25, 0.3) is 11.5 Å². The monoisotopic (exact) mass is 397 g/mol. The molecule has 0 aromatic carbocycles. The summed E-state index contributed by atoms with van der Waals surface area (Å²) in [6.07, 6.45) is 4.96. The highest BCUT2D eigenvalue weighted by molar-refractivity contribution is 6.00. The maximum atomic E-state index is 12.7. The molecule has 0 spiro atoms. The maximum absolute atomic E-state index is 12.7. The lowest BCUT2D eigenvalue weighted by atomic mass is 9.89. The van der Waals surface area contributed by atoms with Crippen molar-refractivity contribution in [3.63, 3.8) is 0 Å². The molecule has 0 atom stereocenters. The van der Waals surface area contributed by atoms with E-state index in [2.05, 4.69) is 26.0 Å². The molecule has 0 bridgehead atoms. The maximum Gasteiger partial charge on any atom is 0.274 e. The number of nitrogens with one attached hydrogen (secondary N) is 3. The molecule has 3 aromatic heterocycles. The van der Waals surface area contributed by atoms with Crippen molar-refractivity contribution in [1.29, 1.82) is 0 Å². The fourth-order valence-electron chi connectivity index (χ4n) is 3.33. The smallest absolute Gasteiger partial charge is 0.274 e. The summed E-state index contributed by atoms with van der Waals surface area (Å²) in [4.78, 5) is 29.6. The minimum Gasteiger partial charge on any atom is -0.381 e. The Balaban J connectivity index is 1.65. The molecule has 0 aliphatic heterocycles. The lowest BCUT2D eigenvalue weighted by molar-refractivity contribution is 0.0176. The molecule has 1 aliphatic carbocycles. The predicted molar refractivity (Wildman–Crippen MR) is 109 cm³/mol. The molecule has 29 heavy (non-hydrogen) atoms. The van der Waals surface area contributed by atoms with Crippen LogP contribution in [0.5, 0.6) is 0 Å². The van der Waals surface area contributed by atoms with Crippen LogP contribution in [-0.4, -0.2) is 51.4 Å². The highest BCUT2D eigenvalue weighted by Gasteiger charge is 2.31. The van der Waals surface area contributed by atoms with E-state index in [0.29, 0.717) is 28.5 Å². The summed E-state index contributed by atoms with van der Waals surface area (Å²) >= 11 is 0. The summed E-state index contributed by atoms with van der Waals surface area (Å²) < 4.78 is 8.29. The Bertz CT molecular complexity index is 1110. The Morgan fingerprint density at radius 3 is 2.86 bits per heavy atom. The molecule has 10 nitrogen and oxygen atoms in total. The van der Waals surface area contributed by atoms with Gasteiger partial charge in [-0.1, -0.05) is 0 Å². The number of carbonyl (C=O) groups is 1. The minimum absolute atomic E-state index is 0.0832. The summed E-state index contributed by atoms with van der Waals surface area (Å²) in [5.41, 5.74) is 0.975. The first kappa shape index (κ1) is 18.9. The number of rotatable bonds is 6. The van der Waals surface area contributed by atoms with Crippen LogP contribution in [-0.2, 0) is 11.8 Å². The number of methoxy groups -OCH3 is 1. The fraction of sp³-hybridized carbons (Fsp3) is 0.368. The number of hydrogen-bond acceptors (Lipinski definition) is 7. The summed E-state index contributed by atoms with van der Waals surface area (Å²) in [5, 5.41) is 13.4. The topological polar surface area (TPSA) is 115 Å². The van der Waals surface area contributed by atoms with Crippen molar-refractivity contribution >= 4 is 28.9 Å². The summed E-state index contributed by atoms with van der Waals surface area (Å²) in [5.74, 6) is 0.831. The zero-order valence-electron chi connectivity index (χ0n) is 16.5.